The van der Waals surface area contributed by atoms with Gasteiger partial charge in [0.1, 0.15) is 28.1 Å². The van der Waals surface area contributed by atoms with Crippen molar-refractivity contribution in [2.75, 3.05) is 16.0 Å². The minimum atomic E-state index is -5.03. The zero-order valence-corrected chi connectivity index (χ0v) is 24.0. The molecule has 1 unspecified atom stereocenters. The van der Waals surface area contributed by atoms with Gasteiger partial charge in [-0.3, -0.25) is 14.4 Å². The lowest BCUT2D eigenvalue weighted by Gasteiger charge is -2.14. The van der Waals surface area contributed by atoms with E-state index in [0.29, 0.717) is 18.2 Å². The maximum Gasteiger partial charge on any atom is 0.419 e. The first kappa shape index (κ1) is 34.2. The first-order valence-corrected chi connectivity index (χ1v) is 13.3. The molecule has 0 aliphatic heterocycles. The Morgan fingerprint density at radius 2 is 1.47 bits per heavy atom. The summed E-state index contributed by atoms with van der Waals surface area (Å²) in [6.07, 6.45) is -12.0. The molecule has 2 atom stereocenters. The Morgan fingerprint density at radius 1 is 0.822 bits per heavy atom. The van der Waals surface area contributed by atoms with Gasteiger partial charge in [-0.05, 0) is 48.0 Å². The van der Waals surface area contributed by atoms with Gasteiger partial charge in [-0.25, -0.2) is 13.2 Å². The molecular weight excluding hydrogens is 692 g/mol. The number of benzene rings is 3. The van der Waals surface area contributed by atoms with E-state index in [1.165, 1.54) is 11.4 Å². The summed E-state index contributed by atoms with van der Waals surface area (Å²) in [5, 5.41) is 5.59. The lowest BCUT2D eigenvalue weighted by atomic mass is 10.0. The van der Waals surface area contributed by atoms with E-state index in [1.54, 1.807) is 0 Å². The number of amides is 3. The third-order valence-corrected chi connectivity index (χ3v) is 7.70. The van der Waals surface area contributed by atoms with Gasteiger partial charge in [0.15, 0.2) is 5.82 Å². The van der Waals surface area contributed by atoms with Crippen LogP contribution in [-0.4, -0.2) is 28.2 Å². The first-order chi connectivity index (χ1) is 20.7. The molecule has 3 N–H and O–H groups in total. The molecule has 0 aromatic heterocycles. The number of nitrogens with one attached hydrogen (secondary N) is 3. The molecule has 4 rings (SSSR count). The molecule has 0 bridgehead atoms. The average molecular weight is 707 g/mol. The van der Waals surface area contributed by atoms with Crippen molar-refractivity contribution in [3.63, 3.8) is 0 Å². The summed E-state index contributed by atoms with van der Waals surface area (Å²) < 4.78 is 118. The van der Waals surface area contributed by atoms with Crippen molar-refractivity contribution < 1.29 is 53.9 Å². The van der Waals surface area contributed by atoms with Crippen LogP contribution < -0.4 is 16.0 Å². The standard InChI is InChI=1S/C27H15Cl3F9N3O3/c28-14-3-2-11(40-24(45)20-19(26(20,29)30)10-1-4-15(31)13(7-10)27(37,38)39)8-12(14)23(44)41-17-6-5-16(32)22(21(17)33)42-18(43)9-25(34,35)36/h1-8,19-20H,9H2,(H,40,45)(H,41,44)(H,42,43)/t19?,20-/m1/s1. The van der Waals surface area contributed by atoms with E-state index in [2.05, 4.69) is 5.32 Å². The van der Waals surface area contributed by atoms with E-state index in [0.717, 1.165) is 24.3 Å². The number of rotatable bonds is 7. The summed E-state index contributed by atoms with van der Waals surface area (Å²) >= 11 is 18.4. The van der Waals surface area contributed by atoms with Crippen LogP contribution in [0.5, 0.6) is 0 Å². The summed E-state index contributed by atoms with van der Waals surface area (Å²) in [6, 6.07) is 6.67. The average Bonchev–Trinajstić information content (AvgIpc) is 3.49. The minimum Gasteiger partial charge on any atom is -0.326 e. The Hall–Kier alpha value is -3.69. The van der Waals surface area contributed by atoms with E-state index in [9.17, 15) is 53.9 Å². The van der Waals surface area contributed by atoms with Crippen molar-refractivity contribution in [3.05, 3.63) is 87.7 Å². The molecule has 6 nitrogen and oxygen atoms in total. The molecule has 18 heteroatoms. The quantitative estimate of drug-likeness (QED) is 0.170. The predicted octanol–water partition coefficient (Wildman–Crippen LogP) is 8.45. The second-order valence-corrected chi connectivity index (χ2v) is 11.5. The van der Waals surface area contributed by atoms with Gasteiger partial charge in [0, 0.05) is 11.6 Å². The van der Waals surface area contributed by atoms with Crippen molar-refractivity contribution in [2.24, 2.45) is 5.92 Å². The largest absolute Gasteiger partial charge is 0.419 e. The molecule has 240 valence electrons. The second kappa shape index (κ2) is 12.2. The van der Waals surface area contributed by atoms with Crippen molar-refractivity contribution in [1.29, 1.82) is 0 Å². The van der Waals surface area contributed by atoms with Crippen LogP contribution in [0, 0.1) is 23.4 Å². The van der Waals surface area contributed by atoms with Gasteiger partial charge in [0.05, 0.1) is 27.8 Å². The Bertz CT molecular complexity index is 1700. The van der Waals surface area contributed by atoms with Gasteiger partial charge in [0.25, 0.3) is 5.91 Å². The van der Waals surface area contributed by atoms with Crippen LogP contribution in [0.3, 0.4) is 0 Å². The number of hydrogen-bond acceptors (Lipinski definition) is 3. The smallest absolute Gasteiger partial charge is 0.326 e. The number of hydrogen-bond donors (Lipinski definition) is 3. The van der Waals surface area contributed by atoms with Gasteiger partial charge in [-0.1, -0.05) is 17.7 Å². The molecule has 0 heterocycles. The Balaban J connectivity index is 1.51. The molecule has 0 radical (unpaired) electrons. The fourth-order valence-corrected chi connectivity index (χ4v) is 5.37. The first-order valence-electron chi connectivity index (χ1n) is 12.2. The fraction of sp³-hybridized carbons (Fsp3) is 0.222. The van der Waals surface area contributed by atoms with Crippen LogP contribution in [0.1, 0.15) is 33.8 Å². The van der Waals surface area contributed by atoms with E-state index < -0.39 is 92.6 Å². The van der Waals surface area contributed by atoms with Crippen molar-refractivity contribution >= 4 is 69.6 Å². The van der Waals surface area contributed by atoms with Crippen LogP contribution in [0.4, 0.5) is 56.6 Å². The number of anilines is 3. The highest BCUT2D eigenvalue weighted by Crippen LogP contribution is 2.65. The Morgan fingerprint density at radius 3 is 2.09 bits per heavy atom. The second-order valence-electron chi connectivity index (χ2n) is 9.63. The highest BCUT2D eigenvalue weighted by Gasteiger charge is 2.67. The molecule has 3 aromatic carbocycles. The Kier molecular flexibility index (Phi) is 9.31. The van der Waals surface area contributed by atoms with Gasteiger partial charge in [-0.2, -0.15) is 26.3 Å². The third kappa shape index (κ3) is 7.59. The normalized spacial score (nSPS) is 17.4. The van der Waals surface area contributed by atoms with E-state index in [-0.39, 0.29) is 16.3 Å². The number of carbonyl (C=O) groups excluding carboxylic acids is 3. The molecule has 1 saturated carbocycles. The number of alkyl halides is 8. The van der Waals surface area contributed by atoms with Crippen molar-refractivity contribution in [3.8, 4) is 0 Å². The summed E-state index contributed by atoms with van der Waals surface area (Å²) in [4.78, 5) is 37.4. The van der Waals surface area contributed by atoms with Crippen LogP contribution >= 0.6 is 34.8 Å². The summed E-state index contributed by atoms with van der Waals surface area (Å²) in [5.74, 6) is -10.9. The number of halogens is 12. The van der Waals surface area contributed by atoms with Gasteiger partial charge < -0.3 is 16.0 Å². The molecular formula is C27H15Cl3F9N3O3. The zero-order chi connectivity index (χ0) is 33.6. The van der Waals surface area contributed by atoms with Gasteiger partial charge in [0.2, 0.25) is 11.8 Å². The highest BCUT2D eigenvalue weighted by molar-refractivity contribution is 6.53. The molecule has 3 amide bonds. The maximum absolute atomic E-state index is 14.9. The predicted molar refractivity (Wildman–Crippen MR) is 146 cm³/mol. The summed E-state index contributed by atoms with van der Waals surface area (Å²) in [5.41, 5.74) is -4.29. The molecule has 0 saturated heterocycles. The minimum absolute atomic E-state index is 0.112. The maximum atomic E-state index is 14.9. The molecule has 1 aliphatic rings. The van der Waals surface area contributed by atoms with Crippen LogP contribution in [-0.2, 0) is 15.8 Å². The molecule has 0 spiro atoms. The lowest BCUT2D eigenvalue weighted by molar-refractivity contribution is -0.150. The van der Waals surface area contributed by atoms with Crippen LogP contribution in [0.2, 0.25) is 5.02 Å². The monoisotopic (exact) mass is 705 g/mol. The van der Waals surface area contributed by atoms with E-state index in [1.807, 2.05) is 5.32 Å². The molecule has 1 fully saturated rings. The van der Waals surface area contributed by atoms with Crippen LogP contribution in [0.25, 0.3) is 0 Å². The molecule has 1 aliphatic carbocycles. The van der Waals surface area contributed by atoms with Crippen LogP contribution in [0.15, 0.2) is 48.5 Å². The zero-order valence-electron chi connectivity index (χ0n) is 21.7. The number of carbonyl (C=O) groups is 3. The van der Waals surface area contributed by atoms with E-state index >= 15 is 0 Å². The molecule has 45 heavy (non-hydrogen) atoms. The molecule has 3 aromatic rings. The third-order valence-electron chi connectivity index (χ3n) is 6.43. The highest BCUT2D eigenvalue weighted by atomic mass is 35.5. The van der Waals surface area contributed by atoms with Crippen molar-refractivity contribution in [2.45, 2.75) is 29.0 Å². The summed E-state index contributed by atoms with van der Waals surface area (Å²) in [7, 11) is 0. The van der Waals surface area contributed by atoms with Crippen molar-refractivity contribution in [1.82, 2.24) is 0 Å². The summed E-state index contributed by atoms with van der Waals surface area (Å²) in [6.45, 7) is 0. The van der Waals surface area contributed by atoms with Gasteiger partial charge >= 0.3 is 12.4 Å². The topological polar surface area (TPSA) is 87.3 Å². The lowest BCUT2D eigenvalue weighted by Crippen LogP contribution is -2.23. The van der Waals surface area contributed by atoms with E-state index in [4.69, 9.17) is 34.8 Å². The SMILES string of the molecule is O=C(CC(F)(F)F)Nc1c(F)ccc(NC(=O)c2cc(NC(=O)[C@H]3C(c4ccc(F)c(C(F)(F)F)c4)C3(Cl)Cl)ccc2Cl)c1F. The van der Waals surface area contributed by atoms with Gasteiger partial charge in [-0.15, -0.1) is 23.2 Å². The Labute approximate surface area is 261 Å². The fourth-order valence-electron chi connectivity index (χ4n) is 4.34.